The Morgan fingerprint density at radius 3 is 2.50 bits per heavy atom. The molecule has 3 heterocycles. The average molecular weight is 488 g/mol. The molecular formula is C22H29N7O4S. The van der Waals surface area contributed by atoms with Gasteiger partial charge in [0.25, 0.3) is 11.7 Å². The van der Waals surface area contributed by atoms with E-state index in [4.69, 9.17) is 4.74 Å². The van der Waals surface area contributed by atoms with Crippen molar-refractivity contribution in [1.29, 1.82) is 0 Å². The lowest BCUT2D eigenvalue weighted by atomic mass is 10.2. The van der Waals surface area contributed by atoms with Crippen LogP contribution in [0.2, 0.25) is 0 Å². The Morgan fingerprint density at radius 2 is 1.82 bits per heavy atom. The fourth-order valence-electron chi connectivity index (χ4n) is 4.01. The molecule has 0 unspecified atom stereocenters. The van der Waals surface area contributed by atoms with Gasteiger partial charge in [-0.05, 0) is 38.1 Å². The van der Waals surface area contributed by atoms with Crippen molar-refractivity contribution in [3.05, 3.63) is 41.5 Å². The maximum absolute atomic E-state index is 13.1. The number of carbonyl (C=O) groups is 1. The first-order valence-corrected chi connectivity index (χ1v) is 12.7. The number of sulfonamides is 1. The second kappa shape index (κ2) is 9.65. The lowest BCUT2D eigenvalue weighted by molar-refractivity contribution is 0.101. The predicted octanol–water partition coefficient (Wildman–Crippen LogP) is 1.86. The van der Waals surface area contributed by atoms with E-state index in [1.54, 1.807) is 26.0 Å². The number of hydrogen-bond donors (Lipinski definition) is 1. The number of aryl methyl sites for hydroxylation is 2. The van der Waals surface area contributed by atoms with E-state index in [9.17, 15) is 13.2 Å². The van der Waals surface area contributed by atoms with Crippen molar-refractivity contribution >= 4 is 33.1 Å². The van der Waals surface area contributed by atoms with Gasteiger partial charge < -0.3 is 15.0 Å². The van der Waals surface area contributed by atoms with Crippen LogP contribution in [0, 0.1) is 13.8 Å². The quantitative estimate of drug-likeness (QED) is 0.536. The molecule has 1 aliphatic rings. The molecule has 34 heavy (non-hydrogen) atoms. The number of nitrogens with one attached hydrogen (secondary N) is 1. The molecule has 1 aliphatic heterocycles. The van der Waals surface area contributed by atoms with Crippen LogP contribution < -0.4 is 10.2 Å². The zero-order valence-corrected chi connectivity index (χ0v) is 20.6. The van der Waals surface area contributed by atoms with Crippen LogP contribution >= 0.6 is 0 Å². The fraction of sp³-hybridized carbons (Fsp3) is 0.455. The Balaban J connectivity index is 1.73. The van der Waals surface area contributed by atoms with E-state index in [1.807, 2.05) is 19.9 Å². The number of anilines is 2. The van der Waals surface area contributed by atoms with E-state index < -0.39 is 15.9 Å². The van der Waals surface area contributed by atoms with Crippen LogP contribution in [0.1, 0.15) is 35.9 Å². The zero-order chi connectivity index (χ0) is 24.5. The summed E-state index contributed by atoms with van der Waals surface area (Å²) in [5.74, 6) is -0.269. The number of hydrogen-bond acceptors (Lipinski definition) is 8. The number of carbonyl (C=O) groups excluding carboxylic acids is 1. The summed E-state index contributed by atoms with van der Waals surface area (Å²) in [4.78, 5) is 23.9. The molecule has 0 radical (unpaired) electrons. The van der Waals surface area contributed by atoms with E-state index in [-0.39, 0.29) is 10.7 Å². The number of nitrogens with zero attached hydrogens (tertiary/aromatic N) is 6. The second-order valence-corrected chi connectivity index (χ2v) is 9.95. The number of fused-ring (bicyclic) bond motifs is 1. The summed E-state index contributed by atoms with van der Waals surface area (Å²) in [5, 5.41) is 7.12. The smallest absolute Gasteiger partial charge is 0.295 e. The standard InChI is InChI=1S/C22H29N7O4S/c1-5-28(6-2)34(31,32)17-7-8-19(27-9-11-33-12-10-27)18(14-17)24-21(30)20-25-22-23-15(3)13-16(4)29(22)26-20/h7-8,13-14H,5-6,9-12H2,1-4H3,(H,24,30). The molecule has 0 aliphatic carbocycles. The summed E-state index contributed by atoms with van der Waals surface area (Å²) >= 11 is 0. The lowest BCUT2D eigenvalue weighted by Crippen LogP contribution is -2.37. The molecule has 182 valence electrons. The van der Waals surface area contributed by atoms with Gasteiger partial charge >= 0.3 is 0 Å². The van der Waals surface area contributed by atoms with Gasteiger partial charge in [-0.15, -0.1) is 5.10 Å². The van der Waals surface area contributed by atoms with Crippen LogP contribution in [0.25, 0.3) is 5.78 Å². The molecular weight excluding hydrogens is 458 g/mol. The van der Waals surface area contributed by atoms with Gasteiger partial charge in [-0.2, -0.15) is 9.29 Å². The van der Waals surface area contributed by atoms with Crippen LogP contribution in [0.15, 0.2) is 29.2 Å². The van der Waals surface area contributed by atoms with E-state index >= 15 is 0 Å². The molecule has 0 bridgehead atoms. The first-order chi connectivity index (χ1) is 16.2. The molecule has 12 heteroatoms. The summed E-state index contributed by atoms with van der Waals surface area (Å²) < 4.78 is 34.6. The highest BCUT2D eigenvalue weighted by atomic mass is 32.2. The minimum Gasteiger partial charge on any atom is -0.378 e. The normalized spacial score (nSPS) is 14.7. The van der Waals surface area contributed by atoms with Crippen LogP contribution in [0.4, 0.5) is 11.4 Å². The minimum atomic E-state index is -3.71. The Hall–Kier alpha value is -3.09. The van der Waals surface area contributed by atoms with Crippen molar-refractivity contribution in [3.8, 4) is 0 Å². The topological polar surface area (TPSA) is 122 Å². The molecule has 1 fully saturated rings. The molecule has 0 saturated carbocycles. The maximum Gasteiger partial charge on any atom is 0.295 e. The highest BCUT2D eigenvalue weighted by Crippen LogP contribution is 2.31. The van der Waals surface area contributed by atoms with E-state index in [0.29, 0.717) is 56.5 Å². The van der Waals surface area contributed by atoms with Crippen molar-refractivity contribution in [3.63, 3.8) is 0 Å². The van der Waals surface area contributed by atoms with Crippen molar-refractivity contribution in [2.75, 3.05) is 49.6 Å². The van der Waals surface area contributed by atoms with Gasteiger partial charge in [-0.1, -0.05) is 13.8 Å². The summed E-state index contributed by atoms with van der Waals surface area (Å²) in [6.07, 6.45) is 0. The molecule has 11 nitrogen and oxygen atoms in total. The molecule has 1 N–H and O–H groups in total. The van der Waals surface area contributed by atoms with Gasteiger partial charge in [0.05, 0.1) is 29.5 Å². The molecule has 3 aromatic rings. The third kappa shape index (κ3) is 4.61. The van der Waals surface area contributed by atoms with E-state index in [1.165, 1.54) is 14.9 Å². The molecule has 1 saturated heterocycles. The van der Waals surface area contributed by atoms with E-state index in [0.717, 1.165) is 11.4 Å². The van der Waals surface area contributed by atoms with Crippen molar-refractivity contribution < 1.29 is 17.9 Å². The summed E-state index contributed by atoms with van der Waals surface area (Å²) in [7, 11) is -3.71. The Kier molecular flexibility index (Phi) is 6.82. The number of benzene rings is 1. The number of rotatable bonds is 7. The van der Waals surface area contributed by atoms with Crippen LogP contribution in [0.5, 0.6) is 0 Å². The Labute approximate surface area is 198 Å². The lowest BCUT2D eigenvalue weighted by Gasteiger charge is -2.31. The number of ether oxygens (including phenoxy) is 1. The SMILES string of the molecule is CCN(CC)S(=O)(=O)c1ccc(N2CCOCC2)c(NC(=O)c2nc3nc(C)cc(C)n3n2)c1. The van der Waals surface area contributed by atoms with Crippen LogP contribution in [-0.2, 0) is 14.8 Å². The third-order valence-corrected chi connectivity index (χ3v) is 7.78. The van der Waals surface area contributed by atoms with E-state index in [2.05, 4.69) is 25.3 Å². The maximum atomic E-state index is 13.1. The van der Waals surface area contributed by atoms with Gasteiger partial charge in [0.2, 0.25) is 15.8 Å². The third-order valence-electron chi connectivity index (χ3n) is 5.73. The van der Waals surface area contributed by atoms with Crippen molar-refractivity contribution in [2.45, 2.75) is 32.6 Å². The number of aromatic nitrogens is 4. The highest BCUT2D eigenvalue weighted by Gasteiger charge is 2.25. The Morgan fingerprint density at radius 1 is 1.12 bits per heavy atom. The van der Waals surface area contributed by atoms with Gasteiger partial charge in [-0.3, -0.25) is 4.79 Å². The number of amides is 1. The monoisotopic (exact) mass is 487 g/mol. The molecule has 0 spiro atoms. The first-order valence-electron chi connectivity index (χ1n) is 11.2. The predicted molar refractivity (Wildman–Crippen MR) is 128 cm³/mol. The second-order valence-electron chi connectivity index (χ2n) is 8.01. The van der Waals surface area contributed by atoms with Gasteiger partial charge in [0.15, 0.2) is 0 Å². The van der Waals surface area contributed by atoms with Gasteiger partial charge in [-0.25, -0.2) is 17.9 Å². The highest BCUT2D eigenvalue weighted by molar-refractivity contribution is 7.89. The average Bonchev–Trinajstić information content (AvgIpc) is 3.25. The molecule has 1 aromatic carbocycles. The van der Waals surface area contributed by atoms with Gasteiger partial charge in [0, 0.05) is 37.6 Å². The molecule has 1 amide bonds. The first kappa shape index (κ1) is 24.0. The summed E-state index contributed by atoms with van der Waals surface area (Å²) in [6, 6.07) is 6.65. The molecule has 2 aromatic heterocycles. The van der Waals surface area contributed by atoms with Crippen molar-refractivity contribution in [1.82, 2.24) is 23.9 Å². The fourth-order valence-corrected chi connectivity index (χ4v) is 5.49. The zero-order valence-electron chi connectivity index (χ0n) is 19.8. The molecule has 0 atom stereocenters. The number of morpholine rings is 1. The van der Waals surface area contributed by atoms with Crippen LogP contribution in [0.3, 0.4) is 0 Å². The van der Waals surface area contributed by atoms with Gasteiger partial charge in [0.1, 0.15) is 0 Å². The Bertz CT molecular complexity index is 1310. The van der Waals surface area contributed by atoms with Crippen molar-refractivity contribution in [2.24, 2.45) is 0 Å². The minimum absolute atomic E-state index is 0.0499. The largest absolute Gasteiger partial charge is 0.378 e. The summed E-state index contributed by atoms with van der Waals surface area (Å²) in [6.45, 7) is 10.3. The summed E-state index contributed by atoms with van der Waals surface area (Å²) in [5.41, 5.74) is 2.66. The molecule has 4 rings (SSSR count). The van der Waals surface area contributed by atoms with Crippen LogP contribution in [-0.4, -0.2) is 77.6 Å².